The summed E-state index contributed by atoms with van der Waals surface area (Å²) >= 11 is 0. The van der Waals surface area contributed by atoms with E-state index in [-0.39, 0.29) is 0 Å². The van der Waals surface area contributed by atoms with Crippen molar-refractivity contribution in [3.05, 3.63) is 18.0 Å². The van der Waals surface area contributed by atoms with Gasteiger partial charge in [0.15, 0.2) is 0 Å². The maximum atomic E-state index is 11.4. The summed E-state index contributed by atoms with van der Waals surface area (Å²) in [6.45, 7) is 0. The van der Waals surface area contributed by atoms with Gasteiger partial charge in [0.05, 0.1) is 11.6 Å². The topological polar surface area (TPSA) is 63.3 Å². The molecule has 0 unspecified atom stereocenters. The molecule has 0 spiro atoms. The van der Waals surface area contributed by atoms with Crippen LogP contribution in [0.1, 0.15) is 37.7 Å². The lowest BCUT2D eigenvalue weighted by Gasteiger charge is -2.32. The third-order valence-corrected chi connectivity index (χ3v) is 3.29. The molecule has 4 heteroatoms. The first kappa shape index (κ1) is 10.2. The Morgan fingerprint density at radius 2 is 2.20 bits per heavy atom. The van der Waals surface area contributed by atoms with Crippen molar-refractivity contribution < 1.29 is 14.4 Å². The molecule has 0 amide bonds. The molecule has 0 atom stereocenters. The lowest BCUT2D eigenvalue weighted by Crippen LogP contribution is -2.35. The van der Waals surface area contributed by atoms with E-state index < -0.39 is 11.4 Å². The molecule has 4 nitrogen and oxygen atoms in total. The Hall–Kier alpha value is -1.32. The van der Waals surface area contributed by atoms with Crippen LogP contribution in [0.15, 0.2) is 17.0 Å². The van der Waals surface area contributed by atoms with Crippen LogP contribution in [0, 0.1) is 5.41 Å². The number of nitrogens with zero attached hydrogens (tertiary/aromatic N) is 1. The highest BCUT2D eigenvalue weighted by Gasteiger charge is 2.39. The number of carboxylic acid groups (broad SMARTS) is 1. The minimum Gasteiger partial charge on any atom is -0.481 e. The van der Waals surface area contributed by atoms with Crippen molar-refractivity contribution in [3.63, 3.8) is 0 Å². The van der Waals surface area contributed by atoms with Crippen molar-refractivity contribution >= 4 is 5.97 Å². The summed E-state index contributed by atoms with van der Waals surface area (Å²) in [5.41, 5.74) is 0.309. The molecule has 1 N–H and O–H groups in total. The van der Waals surface area contributed by atoms with Crippen molar-refractivity contribution in [2.24, 2.45) is 5.41 Å². The number of carboxylic acids is 1. The summed E-state index contributed by atoms with van der Waals surface area (Å²) in [5, 5.41) is 12.9. The first-order chi connectivity index (χ1) is 7.23. The average molecular weight is 209 g/mol. The van der Waals surface area contributed by atoms with Gasteiger partial charge in [0, 0.05) is 5.56 Å². The zero-order valence-electron chi connectivity index (χ0n) is 8.61. The monoisotopic (exact) mass is 209 g/mol. The van der Waals surface area contributed by atoms with Crippen LogP contribution in [0.4, 0.5) is 0 Å². The molecule has 2 rings (SSSR count). The van der Waals surface area contributed by atoms with Gasteiger partial charge in [-0.3, -0.25) is 4.79 Å². The van der Waals surface area contributed by atoms with E-state index in [2.05, 4.69) is 5.16 Å². The smallest absolute Gasteiger partial charge is 0.309 e. The standard InChI is InChI=1S/C11H15NO3/c13-10(14)11(4-2-1-3-5-11)6-9-7-12-15-8-9/h7-8H,1-6H2,(H,13,14). The fourth-order valence-electron chi connectivity index (χ4n) is 2.40. The van der Waals surface area contributed by atoms with Gasteiger partial charge in [0.2, 0.25) is 0 Å². The van der Waals surface area contributed by atoms with E-state index in [1.54, 1.807) is 12.5 Å². The second-order valence-corrected chi connectivity index (χ2v) is 4.36. The minimum atomic E-state index is -0.677. The fraction of sp³-hybridized carbons (Fsp3) is 0.636. The van der Waals surface area contributed by atoms with Gasteiger partial charge in [-0.15, -0.1) is 0 Å². The number of aromatic nitrogens is 1. The summed E-state index contributed by atoms with van der Waals surface area (Å²) in [6, 6.07) is 0. The highest BCUT2D eigenvalue weighted by atomic mass is 16.5. The Kier molecular flexibility index (Phi) is 2.75. The van der Waals surface area contributed by atoms with E-state index in [0.717, 1.165) is 37.7 Å². The molecule has 1 aliphatic rings. The zero-order valence-corrected chi connectivity index (χ0v) is 8.61. The fourth-order valence-corrected chi connectivity index (χ4v) is 2.40. The third kappa shape index (κ3) is 2.03. The van der Waals surface area contributed by atoms with Crippen LogP contribution in [-0.4, -0.2) is 16.2 Å². The van der Waals surface area contributed by atoms with Gasteiger partial charge in [-0.05, 0) is 19.3 Å². The zero-order chi connectivity index (χ0) is 10.7. The van der Waals surface area contributed by atoms with Crippen LogP contribution in [0.25, 0.3) is 0 Å². The number of carbonyl (C=O) groups is 1. The van der Waals surface area contributed by atoms with E-state index in [1.807, 2.05) is 0 Å². The van der Waals surface area contributed by atoms with E-state index in [9.17, 15) is 9.90 Å². The van der Waals surface area contributed by atoms with Gasteiger partial charge >= 0.3 is 5.97 Å². The molecular formula is C11H15NO3. The molecule has 0 radical (unpaired) electrons. The van der Waals surface area contributed by atoms with Crippen LogP contribution in [-0.2, 0) is 11.2 Å². The summed E-state index contributed by atoms with van der Waals surface area (Å²) in [7, 11) is 0. The predicted octanol–water partition coefficient (Wildman–Crippen LogP) is 2.25. The second kappa shape index (κ2) is 4.04. The number of aliphatic carboxylic acids is 1. The van der Waals surface area contributed by atoms with Gasteiger partial charge in [-0.2, -0.15) is 0 Å². The van der Waals surface area contributed by atoms with E-state index in [0.29, 0.717) is 6.42 Å². The molecule has 15 heavy (non-hydrogen) atoms. The van der Waals surface area contributed by atoms with Gasteiger partial charge in [-0.25, -0.2) is 0 Å². The van der Waals surface area contributed by atoms with Gasteiger partial charge < -0.3 is 9.63 Å². The van der Waals surface area contributed by atoms with Crippen LogP contribution < -0.4 is 0 Å². The van der Waals surface area contributed by atoms with Crippen LogP contribution in [0.5, 0.6) is 0 Å². The van der Waals surface area contributed by atoms with Crippen molar-refractivity contribution in [1.82, 2.24) is 5.16 Å². The van der Waals surface area contributed by atoms with Crippen molar-refractivity contribution in [3.8, 4) is 0 Å². The van der Waals surface area contributed by atoms with Crippen molar-refractivity contribution in [2.75, 3.05) is 0 Å². The molecule has 0 saturated heterocycles. The molecule has 1 aliphatic carbocycles. The minimum absolute atomic E-state index is 0.547. The molecule has 1 aromatic heterocycles. The first-order valence-corrected chi connectivity index (χ1v) is 5.35. The Labute approximate surface area is 88.3 Å². The largest absolute Gasteiger partial charge is 0.481 e. The Morgan fingerprint density at radius 3 is 2.73 bits per heavy atom. The summed E-state index contributed by atoms with van der Waals surface area (Å²) in [5.74, 6) is -0.677. The lowest BCUT2D eigenvalue weighted by molar-refractivity contribution is -0.151. The van der Waals surface area contributed by atoms with Crippen molar-refractivity contribution in [1.29, 1.82) is 0 Å². The maximum Gasteiger partial charge on any atom is 0.309 e. The second-order valence-electron chi connectivity index (χ2n) is 4.36. The first-order valence-electron chi connectivity index (χ1n) is 5.35. The van der Waals surface area contributed by atoms with Gasteiger partial charge in [0.1, 0.15) is 6.26 Å². The maximum absolute atomic E-state index is 11.4. The van der Waals surface area contributed by atoms with E-state index >= 15 is 0 Å². The third-order valence-electron chi connectivity index (χ3n) is 3.29. The Morgan fingerprint density at radius 1 is 1.47 bits per heavy atom. The molecule has 0 aromatic carbocycles. The van der Waals surface area contributed by atoms with Gasteiger partial charge in [0.25, 0.3) is 0 Å². The number of rotatable bonds is 3. The van der Waals surface area contributed by atoms with Crippen molar-refractivity contribution in [2.45, 2.75) is 38.5 Å². The molecule has 1 heterocycles. The van der Waals surface area contributed by atoms with Crippen LogP contribution in [0.3, 0.4) is 0 Å². The summed E-state index contributed by atoms with van der Waals surface area (Å²) in [4.78, 5) is 11.4. The van der Waals surface area contributed by atoms with E-state index in [1.165, 1.54) is 0 Å². The molecule has 1 fully saturated rings. The normalized spacial score (nSPS) is 20.0. The number of hydrogen-bond acceptors (Lipinski definition) is 3. The Balaban J connectivity index is 2.15. The Bertz CT molecular complexity index is 326. The molecular weight excluding hydrogens is 194 g/mol. The molecule has 1 saturated carbocycles. The quantitative estimate of drug-likeness (QED) is 0.829. The number of hydrogen-bond donors (Lipinski definition) is 1. The van der Waals surface area contributed by atoms with Crippen LogP contribution in [0.2, 0.25) is 0 Å². The summed E-state index contributed by atoms with van der Waals surface area (Å²) < 4.78 is 4.74. The average Bonchev–Trinajstić information content (AvgIpc) is 2.71. The highest BCUT2D eigenvalue weighted by Crippen LogP contribution is 2.39. The molecule has 0 aliphatic heterocycles. The lowest BCUT2D eigenvalue weighted by atomic mass is 9.71. The predicted molar refractivity (Wildman–Crippen MR) is 53.4 cm³/mol. The SMILES string of the molecule is O=C(O)C1(Cc2cnoc2)CCCCC1. The highest BCUT2D eigenvalue weighted by molar-refractivity contribution is 5.75. The molecule has 0 bridgehead atoms. The van der Waals surface area contributed by atoms with Gasteiger partial charge in [-0.1, -0.05) is 24.4 Å². The van der Waals surface area contributed by atoms with E-state index in [4.69, 9.17) is 4.52 Å². The summed E-state index contributed by atoms with van der Waals surface area (Å²) in [6.07, 6.45) is 8.42. The molecule has 1 aromatic rings. The molecule has 82 valence electrons. The van der Waals surface area contributed by atoms with Crippen LogP contribution >= 0.6 is 0 Å².